The molecule has 6 nitrogen and oxygen atoms in total. The minimum Gasteiger partial charge on any atom is -0.376 e. The average molecular weight is 392 g/mol. The maximum Gasteiger partial charge on any atom is 0.208 e. The zero-order chi connectivity index (χ0) is 19.3. The third-order valence-electron chi connectivity index (χ3n) is 5.17. The van der Waals surface area contributed by atoms with Crippen molar-refractivity contribution in [3.8, 4) is 0 Å². The molecular formula is C20H29N3O3S. The summed E-state index contributed by atoms with van der Waals surface area (Å²) in [7, 11) is -3.25. The van der Waals surface area contributed by atoms with E-state index in [-0.39, 0.29) is 18.7 Å². The summed E-state index contributed by atoms with van der Waals surface area (Å²) in [5, 5.41) is 4.43. The van der Waals surface area contributed by atoms with Gasteiger partial charge in [-0.05, 0) is 50.2 Å². The van der Waals surface area contributed by atoms with Crippen molar-refractivity contribution in [2.75, 3.05) is 19.4 Å². The van der Waals surface area contributed by atoms with E-state index in [4.69, 9.17) is 4.74 Å². The Kier molecular flexibility index (Phi) is 6.68. The maximum absolute atomic E-state index is 11.5. The van der Waals surface area contributed by atoms with Crippen LogP contribution in [0.25, 0.3) is 0 Å². The molecule has 0 bridgehead atoms. The number of hydrogen-bond donors (Lipinski definition) is 1. The van der Waals surface area contributed by atoms with Crippen LogP contribution in [0, 0.1) is 6.92 Å². The molecule has 1 unspecified atom stereocenters. The molecule has 1 saturated carbocycles. The van der Waals surface area contributed by atoms with Crippen molar-refractivity contribution in [3.05, 3.63) is 53.9 Å². The first-order chi connectivity index (χ1) is 12.9. The predicted octanol–water partition coefficient (Wildman–Crippen LogP) is 3.02. The molecule has 27 heavy (non-hydrogen) atoms. The van der Waals surface area contributed by atoms with Gasteiger partial charge >= 0.3 is 0 Å². The SMILES string of the molecule is Cc1ccn(C(CNS(C)(=O)=O)CO[C@H]2CC[C@@H](c3ccccc3)CC2)n1. The second kappa shape index (κ2) is 8.99. The minimum atomic E-state index is -3.25. The molecule has 0 saturated heterocycles. The topological polar surface area (TPSA) is 73.2 Å². The number of nitrogens with zero attached hydrogens (tertiary/aromatic N) is 2. The number of benzene rings is 1. The molecular weight excluding hydrogens is 362 g/mol. The Balaban J connectivity index is 1.53. The number of aromatic nitrogens is 2. The van der Waals surface area contributed by atoms with Crippen LogP contribution in [0.5, 0.6) is 0 Å². The Morgan fingerprint density at radius 2 is 1.89 bits per heavy atom. The molecule has 7 heteroatoms. The third-order valence-corrected chi connectivity index (χ3v) is 5.86. The lowest BCUT2D eigenvalue weighted by Gasteiger charge is -2.30. The van der Waals surface area contributed by atoms with Gasteiger partial charge in [-0.15, -0.1) is 0 Å². The highest BCUT2D eigenvalue weighted by Crippen LogP contribution is 2.34. The number of hydrogen-bond acceptors (Lipinski definition) is 4. The summed E-state index contributed by atoms with van der Waals surface area (Å²) in [6.45, 7) is 2.65. The first-order valence-corrected chi connectivity index (χ1v) is 11.4. The van der Waals surface area contributed by atoms with E-state index in [9.17, 15) is 8.42 Å². The monoisotopic (exact) mass is 391 g/mol. The van der Waals surface area contributed by atoms with E-state index in [1.165, 1.54) is 11.8 Å². The van der Waals surface area contributed by atoms with Gasteiger partial charge in [0.2, 0.25) is 10.0 Å². The van der Waals surface area contributed by atoms with Crippen LogP contribution < -0.4 is 4.72 Å². The fourth-order valence-electron chi connectivity index (χ4n) is 3.65. The highest BCUT2D eigenvalue weighted by atomic mass is 32.2. The summed E-state index contributed by atoms with van der Waals surface area (Å²) >= 11 is 0. The van der Waals surface area contributed by atoms with Crippen molar-refractivity contribution in [2.45, 2.75) is 50.7 Å². The molecule has 148 valence electrons. The number of ether oxygens (including phenoxy) is 1. The van der Waals surface area contributed by atoms with E-state index in [1.54, 1.807) is 4.68 Å². The number of aryl methyl sites for hydroxylation is 1. The second-order valence-electron chi connectivity index (χ2n) is 7.43. The molecule has 1 aliphatic carbocycles. The zero-order valence-corrected chi connectivity index (χ0v) is 16.9. The molecule has 1 fully saturated rings. The third kappa shape index (κ3) is 6.16. The molecule has 1 aromatic heterocycles. The Bertz CT molecular complexity index is 812. The summed E-state index contributed by atoms with van der Waals surface area (Å²) in [5.41, 5.74) is 2.32. The fourth-order valence-corrected chi connectivity index (χ4v) is 4.14. The average Bonchev–Trinajstić information content (AvgIpc) is 3.08. The van der Waals surface area contributed by atoms with Gasteiger partial charge in [-0.25, -0.2) is 13.1 Å². The highest BCUT2D eigenvalue weighted by molar-refractivity contribution is 7.88. The Morgan fingerprint density at radius 3 is 2.48 bits per heavy atom. The van der Waals surface area contributed by atoms with E-state index in [0.29, 0.717) is 12.5 Å². The summed E-state index contributed by atoms with van der Waals surface area (Å²) in [4.78, 5) is 0. The Hall–Kier alpha value is -1.70. The number of nitrogens with one attached hydrogen (secondary N) is 1. The molecule has 1 aliphatic rings. The van der Waals surface area contributed by atoms with Gasteiger partial charge in [0, 0.05) is 12.7 Å². The van der Waals surface area contributed by atoms with Crippen LogP contribution in [0.4, 0.5) is 0 Å². The van der Waals surface area contributed by atoms with Crippen LogP contribution in [0.15, 0.2) is 42.6 Å². The van der Waals surface area contributed by atoms with Crippen molar-refractivity contribution in [2.24, 2.45) is 0 Å². The molecule has 3 rings (SSSR count). The fraction of sp³-hybridized carbons (Fsp3) is 0.550. The number of sulfonamides is 1. The van der Waals surface area contributed by atoms with Crippen LogP contribution in [0.3, 0.4) is 0 Å². The quantitative estimate of drug-likeness (QED) is 0.751. The zero-order valence-electron chi connectivity index (χ0n) is 16.0. The van der Waals surface area contributed by atoms with Gasteiger partial charge < -0.3 is 4.74 Å². The number of rotatable bonds is 8. The normalized spacial score (nSPS) is 21.9. The van der Waals surface area contributed by atoms with Crippen LogP contribution in [-0.2, 0) is 14.8 Å². The summed E-state index contributed by atoms with van der Waals surface area (Å²) in [5.74, 6) is 0.613. The standard InChI is InChI=1S/C20H29N3O3S/c1-16-12-13-23(22-16)19(14-21-27(2,24)25)15-26-20-10-8-18(9-11-20)17-6-4-3-5-7-17/h3-7,12-13,18-21H,8-11,14-15H2,1-2H3/t18-,19?,20+. The molecule has 0 aliphatic heterocycles. The Morgan fingerprint density at radius 1 is 1.19 bits per heavy atom. The van der Waals surface area contributed by atoms with E-state index < -0.39 is 10.0 Å². The van der Waals surface area contributed by atoms with Crippen molar-refractivity contribution in [3.63, 3.8) is 0 Å². The van der Waals surface area contributed by atoms with E-state index in [2.05, 4.69) is 40.2 Å². The van der Waals surface area contributed by atoms with Gasteiger partial charge in [-0.1, -0.05) is 30.3 Å². The predicted molar refractivity (Wildman–Crippen MR) is 106 cm³/mol. The van der Waals surface area contributed by atoms with Crippen LogP contribution in [0.2, 0.25) is 0 Å². The lowest BCUT2D eigenvalue weighted by atomic mass is 9.83. The van der Waals surface area contributed by atoms with Crippen LogP contribution in [-0.4, -0.2) is 43.7 Å². The molecule has 1 atom stereocenters. The molecule has 2 aromatic rings. The smallest absolute Gasteiger partial charge is 0.208 e. The van der Waals surface area contributed by atoms with Crippen LogP contribution in [0.1, 0.15) is 48.9 Å². The highest BCUT2D eigenvalue weighted by Gasteiger charge is 2.24. The van der Waals surface area contributed by atoms with Crippen LogP contribution >= 0.6 is 0 Å². The summed E-state index contributed by atoms with van der Waals surface area (Å²) in [6, 6.07) is 12.4. The lowest BCUT2D eigenvalue weighted by molar-refractivity contribution is 0.00605. The van der Waals surface area contributed by atoms with Crippen molar-refractivity contribution in [1.29, 1.82) is 0 Å². The first-order valence-electron chi connectivity index (χ1n) is 9.53. The van der Waals surface area contributed by atoms with E-state index in [0.717, 1.165) is 31.4 Å². The second-order valence-corrected chi connectivity index (χ2v) is 9.26. The molecule has 0 spiro atoms. The molecule has 1 heterocycles. The summed E-state index contributed by atoms with van der Waals surface area (Å²) < 4.78 is 33.5. The van der Waals surface area contributed by atoms with Gasteiger partial charge in [-0.2, -0.15) is 5.10 Å². The molecule has 0 amide bonds. The van der Waals surface area contributed by atoms with Gasteiger partial charge in [0.1, 0.15) is 0 Å². The van der Waals surface area contributed by atoms with Gasteiger partial charge in [0.25, 0.3) is 0 Å². The lowest BCUT2D eigenvalue weighted by Crippen LogP contribution is -2.34. The van der Waals surface area contributed by atoms with Crippen molar-refractivity contribution >= 4 is 10.0 Å². The molecule has 1 N–H and O–H groups in total. The van der Waals surface area contributed by atoms with Crippen molar-refractivity contribution < 1.29 is 13.2 Å². The van der Waals surface area contributed by atoms with E-state index >= 15 is 0 Å². The first kappa shape index (κ1) is 20.0. The molecule has 0 radical (unpaired) electrons. The van der Waals surface area contributed by atoms with Crippen molar-refractivity contribution in [1.82, 2.24) is 14.5 Å². The van der Waals surface area contributed by atoms with Gasteiger partial charge in [0.15, 0.2) is 0 Å². The van der Waals surface area contributed by atoms with Gasteiger partial charge in [-0.3, -0.25) is 4.68 Å². The summed E-state index contributed by atoms with van der Waals surface area (Å²) in [6.07, 6.45) is 7.59. The largest absolute Gasteiger partial charge is 0.376 e. The maximum atomic E-state index is 11.5. The minimum absolute atomic E-state index is 0.153. The Labute approximate surface area is 162 Å². The van der Waals surface area contributed by atoms with Gasteiger partial charge in [0.05, 0.1) is 30.7 Å². The molecule has 1 aromatic carbocycles. The van der Waals surface area contributed by atoms with E-state index in [1.807, 2.05) is 19.2 Å².